The molecule has 0 aromatic heterocycles. The van der Waals surface area contributed by atoms with Gasteiger partial charge in [0.25, 0.3) is 0 Å². The lowest BCUT2D eigenvalue weighted by Gasteiger charge is -2.11. The average Bonchev–Trinajstić information content (AvgIpc) is 2.72. The van der Waals surface area contributed by atoms with Crippen molar-refractivity contribution in [2.45, 2.75) is 25.7 Å². The Labute approximate surface area is 88.1 Å². The first kappa shape index (κ1) is 10.4. The van der Waals surface area contributed by atoms with Crippen LogP contribution in [0.4, 0.5) is 8.78 Å². The Morgan fingerprint density at radius 3 is 2.73 bits per heavy atom. The van der Waals surface area contributed by atoms with E-state index >= 15 is 0 Å². The molecule has 81 valence electrons. The molecule has 15 heavy (non-hydrogen) atoms. The molecule has 0 N–H and O–H groups in total. The lowest BCUT2D eigenvalue weighted by atomic mass is 10.1. The third-order valence-electron chi connectivity index (χ3n) is 2.76. The summed E-state index contributed by atoms with van der Waals surface area (Å²) >= 11 is 0. The van der Waals surface area contributed by atoms with Gasteiger partial charge in [0.15, 0.2) is 11.6 Å². The number of hydrogen-bond acceptors (Lipinski definition) is 1. The van der Waals surface area contributed by atoms with Gasteiger partial charge in [-0.15, -0.1) is 0 Å². The van der Waals surface area contributed by atoms with Gasteiger partial charge in [0.1, 0.15) is 5.82 Å². The van der Waals surface area contributed by atoms with Gasteiger partial charge in [-0.2, -0.15) is 0 Å². The van der Waals surface area contributed by atoms with Crippen LogP contribution in [0.15, 0.2) is 12.1 Å². The van der Waals surface area contributed by atoms with Crippen molar-refractivity contribution in [2.24, 2.45) is 5.92 Å². The molecule has 0 heterocycles. The van der Waals surface area contributed by atoms with Crippen LogP contribution in [0.2, 0.25) is 0 Å². The van der Waals surface area contributed by atoms with Gasteiger partial charge in [-0.1, -0.05) is 12.8 Å². The molecule has 1 aliphatic rings. The van der Waals surface area contributed by atoms with Gasteiger partial charge in [-0.05, 0) is 30.9 Å². The summed E-state index contributed by atoms with van der Waals surface area (Å²) in [6.07, 6.45) is 4.67. The molecule has 1 nitrogen and oxygen atoms in total. The van der Waals surface area contributed by atoms with Crippen molar-refractivity contribution in [2.75, 3.05) is 6.61 Å². The van der Waals surface area contributed by atoms with Crippen molar-refractivity contribution in [3.63, 3.8) is 0 Å². The van der Waals surface area contributed by atoms with Crippen molar-refractivity contribution in [3.8, 4) is 5.75 Å². The minimum atomic E-state index is -0.585. The molecule has 0 amide bonds. The molecule has 0 aliphatic heterocycles. The lowest BCUT2D eigenvalue weighted by molar-refractivity contribution is 0.240. The maximum atomic E-state index is 13.1. The molecule has 1 radical (unpaired) electrons. The van der Waals surface area contributed by atoms with Gasteiger partial charge in [-0.3, -0.25) is 0 Å². The van der Waals surface area contributed by atoms with E-state index in [2.05, 4.69) is 6.07 Å². The summed E-state index contributed by atoms with van der Waals surface area (Å²) in [5, 5.41) is 0. The van der Waals surface area contributed by atoms with Gasteiger partial charge in [0, 0.05) is 0 Å². The maximum Gasteiger partial charge on any atom is 0.165 e. The minimum absolute atomic E-state index is 0.0955. The highest BCUT2D eigenvalue weighted by molar-refractivity contribution is 5.23. The second-order valence-corrected chi connectivity index (χ2v) is 3.94. The molecular weight excluding hydrogens is 198 g/mol. The van der Waals surface area contributed by atoms with Crippen LogP contribution in [0.25, 0.3) is 0 Å². The summed E-state index contributed by atoms with van der Waals surface area (Å²) in [5.74, 6) is -0.741. The van der Waals surface area contributed by atoms with Gasteiger partial charge in [0.2, 0.25) is 0 Å². The highest BCUT2D eigenvalue weighted by atomic mass is 19.1. The van der Waals surface area contributed by atoms with Crippen molar-refractivity contribution >= 4 is 0 Å². The summed E-state index contributed by atoms with van der Waals surface area (Å²) < 4.78 is 31.1. The molecule has 1 aromatic rings. The summed E-state index contributed by atoms with van der Waals surface area (Å²) in [4.78, 5) is 0. The van der Waals surface area contributed by atoms with Crippen LogP contribution in [-0.2, 0) is 0 Å². The SMILES string of the molecule is Fc1[c]c(OCC2CCCC2)c(F)cc1. The van der Waals surface area contributed by atoms with E-state index in [1.165, 1.54) is 12.8 Å². The molecule has 3 heteroatoms. The first-order chi connectivity index (χ1) is 7.25. The van der Waals surface area contributed by atoms with Crippen molar-refractivity contribution < 1.29 is 13.5 Å². The van der Waals surface area contributed by atoms with E-state index in [9.17, 15) is 8.78 Å². The quantitative estimate of drug-likeness (QED) is 0.745. The third kappa shape index (κ3) is 2.67. The smallest absolute Gasteiger partial charge is 0.165 e. The second kappa shape index (κ2) is 4.60. The van der Waals surface area contributed by atoms with E-state index in [4.69, 9.17) is 4.74 Å². The van der Waals surface area contributed by atoms with Crippen LogP contribution >= 0.6 is 0 Å². The largest absolute Gasteiger partial charge is 0.489 e. The van der Waals surface area contributed by atoms with Crippen LogP contribution in [0.1, 0.15) is 25.7 Å². The first-order valence-corrected chi connectivity index (χ1v) is 5.26. The molecule has 0 spiro atoms. The van der Waals surface area contributed by atoms with Crippen LogP contribution in [0.5, 0.6) is 5.75 Å². The molecular formula is C12H13F2O. The molecule has 1 saturated carbocycles. The zero-order valence-corrected chi connectivity index (χ0v) is 8.43. The number of halogens is 2. The fraction of sp³-hybridized carbons (Fsp3) is 0.500. The molecule has 0 bridgehead atoms. The molecule has 1 aromatic carbocycles. The van der Waals surface area contributed by atoms with Gasteiger partial charge in [0.05, 0.1) is 12.7 Å². The second-order valence-electron chi connectivity index (χ2n) is 3.94. The van der Waals surface area contributed by atoms with Gasteiger partial charge < -0.3 is 4.74 Å². The van der Waals surface area contributed by atoms with Crippen molar-refractivity contribution in [1.29, 1.82) is 0 Å². The Morgan fingerprint density at radius 1 is 1.27 bits per heavy atom. The van der Waals surface area contributed by atoms with E-state index in [0.29, 0.717) is 12.5 Å². The van der Waals surface area contributed by atoms with E-state index in [-0.39, 0.29) is 5.75 Å². The summed E-state index contributed by atoms with van der Waals surface area (Å²) in [5.41, 5.74) is 0. The Morgan fingerprint density at radius 2 is 2.00 bits per heavy atom. The Kier molecular flexibility index (Phi) is 3.19. The fourth-order valence-electron chi connectivity index (χ4n) is 1.92. The normalized spacial score (nSPS) is 16.9. The van der Waals surface area contributed by atoms with E-state index in [1.54, 1.807) is 0 Å². The maximum absolute atomic E-state index is 13.1. The van der Waals surface area contributed by atoms with Crippen LogP contribution < -0.4 is 4.74 Å². The first-order valence-electron chi connectivity index (χ1n) is 5.26. The zero-order chi connectivity index (χ0) is 10.7. The number of hydrogen-bond donors (Lipinski definition) is 0. The summed E-state index contributed by atoms with van der Waals surface area (Å²) in [6.45, 7) is 0.469. The predicted molar refractivity (Wildman–Crippen MR) is 52.6 cm³/mol. The average molecular weight is 211 g/mol. The molecule has 0 atom stereocenters. The minimum Gasteiger partial charge on any atom is -0.489 e. The Balaban J connectivity index is 1.94. The van der Waals surface area contributed by atoms with Gasteiger partial charge in [-0.25, -0.2) is 8.78 Å². The molecule has 0 unspecified atom stereocenters. The lowest BCUT2D eigenvalue weighted by Crippen LogP contribution is -2.09. The van der Waals surface area contributed by atoms with E-state index in [0.717, 1.165) is 25.0 Å². The summed E-state index contributed by atoms with van der Waals surface area (Å²) in [6, 6.07) is 4.34. The Hall–Kier alpha value is -1.12. The monoisotopic (exact) mass is 211 g/mol. The van der Waals surface area contributed by atoms with Crippen LogP contribution in [-0.4, -0.2) is 6.61 Å². The topological polar surface area (TPSA) is 9.23 Å². The molecule has 1 fully saturated rings. The third-order valence-corrected chi connectivity index (χ3v) is 2.76. The highest BCUT2D eigenvalue weighted by Crippen LogP contribution is 2.26. The van der Waals surface area contributed by atoms with Crippen LogP contribution in [0, 0.1) is 23.6 Å². The highest BCUT2D eigenvalue weighted by Gasteiger charge is 2.16. The van der Waals surface area contributed by atoms with E-state index < -0.39 is 11.6 Å². The Bertz CT molecular complexity index is 332. The summed E-state index contributed by atoms with van der Waals surface area (Å²) in [7, 11) is 0. The zero-order valence-electron chi connectivity index (χ0n) is 8.43. The number of benzene rings is 1. The van der Waals surface area contributed by atoms with Crippen molar-refractivity contribution in [1.82, 2.24) is 0 Å². The fourth-order valence-corrected chi connectivity index (χ4v) is 1.92. The van der Waals surface area contributed by atoms with Gasteiger partial charge >= 0.3 is 0 Å². The predicted octanol–water partition coefficient (Wildman–Crippen LogP) is 3.33. The number of rotatable bonds is 3. The molecule has 1 aliphatic carbocycles. The van der Waals surface area contributed by atoms with Crippen LogP contribution in [0.3, 0.4) is 0 Å². The van der Waals surface area contributed by atoms with Crippen molar-refractivity contribution in [3.05, 3.63) is 29.8 Å². The van der Waals surface area contributed by atoms with E-state index in [1.807, 2.05) is 0 Å². The standard InChI is InChI=1S/C12H13F2O/c13-10-5-6-11(14)12(7-10)15-8-9-3-1-2-4-9/h5-6,9H,1-4,8H2. The molecule has 0 saturated heterocycles. The molecule has 2 rings (SSSR count). The number of ether oxygens (including phenoxy) is 1.